The lowest BCUT2D eigenvalue weighted by atomic mass is 10.1. The molecule has 6 heteroatoms. The van der Waals surface area contributed by atoms with Crippen LogP contribution in [0.4, 0.5) is 4.79 Å². The largest absolute Gasteiger partial charge is 0.487 e. The van der Waals surface area contributed by atoms with E-state index >= 15 is 0 Å². The van der Waals surface area contributed by atoms with Crippen LogP contribution in [0.25, 0.3) is 0 Å². The van der Waals surface area contributed by atoms with Gasteiger partial charge in [-0.15, -0.1) is 0 Å². The quantitative estimate of drug-likeness (QED) is 0.681. The van der Waals surface area contributed by atoms with Crippen molar-refractivity contribution in [3.05, 3.63) is 27.2 Å². The maximum absolute atomic E-state index is 12.2. The van der Waals surface area contributed by atoms with Gasteiger partial charge < -0.3 is 14.4 Å². The van der Waals surface area contributed by atoms with Crippen molar-refractivity contribution in [3.8, 4) is 5.75 Å². The summed E-state index contributed by atoms with van der Waals surface area (Å²) in [6.07, 6.45) is 1.48. The average molecular weight is 405 g/mol. The van der Waals surface area contributed by atoms with Crippen molar-refractivity contribution in [1.29, 1.82) is 0 Å². The number of benzene rings is 1. The second-order valence-corrected chi connectivity index (χ2v) is 8.13. The van der Waals surface area contributed by atoms with Crippen molar-refractivity contribution in [2.24, 2.45) is 0 Å². The Kier molecular flexibility index (Phi) is 5.84. The second kappa shape index (κ2) is 7.31. The van der Waals surface area contributed by atoms with Gasteiger partial charge >= 0.3 is 6.09 Å². The summed E-state index contributed by atoms with van der Waals surface area (Å²) in [6, 6.07) is 3.69. The molecule has 1 aliphatic heterocycles. The first-order valence-electron chi connectivity index (χ1n) is 7.76. The summed E-state index contributed by atoms with van der Waals surface area (Å²) in [5.74, 6) is 0.783. The highest BCUT2D eigenvalue weighted by Crippen LogP contribution is 2.34. The second-order valence-electron chi connectivity index (χ2n) is 6.84. The van der Waals surface area contributed by atoms with Crippen LogP contribution in [0.1, 0.15) is 39.2 Å². The van der Waals surface area contributed by atoms with Gasteiger partial charge in [0.2, 0.25) is 0 Å². The van der Waals surface area contributed by atoms with Crippen LogP contribution in [-0.4, -0.2) is 35.8 Å². The van der Waals surface area contributed by atoms with Gasteiger partial charge in [-0.3, -0.25) is 0 Å². The number of ether oxygens (including phenoxy) is 2. The number of hydrogen-bond donors (Lipinski definition) is 0. The highest BCUT2D eigenvalue weighted by atomic mass is 79.9. The minimum Gasteiger partial charge on any atom is -0.487 e. The fourth-order valence-corrected chi connectivity index (χ4v) is 3.59. The van der Waals surface area contributed by atoms with Gasteiger partial charge in [-0.05, 0) is 74.2 Å². The molecule has 1 aliphatic rings. The molecule has 0 aromatic heterocycles. The molecule has 1 unspecified atom stereocenters. The molecule has 0 aliphatic carbocycles. The average Bonchev–Trinajstić information content (AvgIpc) is 2.41. The predicted molar refractivity (Wildman–Crippen MR) is 95.3 cm³/mol. The van der Waals surface area contributed by atoms with Crippen molar-refractivity contribution in [2.75, 3.05) is 13.1 Å². The van der Waals surface area contributed by atoms with Crippen LogP contribution >= 0.6 is 27.5 Å². The summed E-state index contributed by atoms with van der Waals surface area (Å²) in [7, 11) is 0. The van der Waals surface area contributed by atoms with E-state index in [9.17, 15) is 4.79 Å². The molecule has 23 heavy (non-hydrogen) atoms. The predicted octanol–water partition coefficient (Wildman–Crippen LogP) is 5.19. The summed E-state index contributed by atoms with van der Waals surface area (Å²) in [5, 5.41) is 0.667. The number of hydrogen-bond acceptors (Lipinski definition) is 3. The molecule has 1 saturated heterocycles. The molecule has 0 saturated carbocycles. The van der Waals surface area contributed by atoms with Crippen LogP contribution in [-0.2, 0) is 4.74 Å². The van der Waals surface area contributed by atoms with Gasteiger partial charge in [0.05, 0.1) is 11.0 Å². The fourth-order valence-electron chi connectivity index (χ4n) is 2.53. The molecule has 0 bridgehead atoms. The third kappa shape index (κ3) is 5.28. The lowest BCUT2D eigenvalue weighted by Crippen LogP contribution is -2.46. The monoisotopic (exact) mass is 403 g/mol. The van der Waals surface area contributed by atoms with Gasteiger partial charge in [0.15, 0.2) is 0 Å². The number of carbonyl (C=O) groups is 1. The molecule has 4 nitrogen and oxygen atoms in total. The van der Waals surface area contributed by atoms with Crippen LogP contribution < -0.4 is 4.74 Å². The minimum atomic E-state index is -0.485. The number of amides is 1. The standard InChI is InChI=1S/C17H23BrClNO3/c1-11-8-12(19)9-14(18)15(11)22-13-6-5-7-20(10-13)16(21)23-17(2,3)4/h8-9,13H,5-7,10H2,1-4H3. The highest BCUT2D eigenvalue weighted by molar-refractivity contribution is 9.10. The topological polar surface area (TPSA) is 38.8 Å². The van der Waals surface area contributed by atoms with Gasteiger partial charge in [0, 0.05) is 11.6 Å². The van der Waals surface area contributed by atoms with Crippen LogP contribution in [0.3, 0.4) is 0 Å². The molecule has 0 spiro atoms. The van der Waals surface area contributed by atoms with E-state index in [-0.39, 0.29) is 12.2 Å². The summed E-state index contributed by atoms with van der Waals surface area (Å²) < 4.78 is 12.4. The molecule has 1 aromatic carbocycles. The first kappa shape index (κ1) is 18.4. The zero-order chi connectivity index (χ0) is 17.2. The number of rotatable bonds is 2. The Morgan fingerprint density at radius 3 is 2.70 bits per heavy atom. The van der Waals surface area contributed by atoms with Gasteiger partial charge in [-0.1, -0.05) is 11.6 Å². The molecule has 1 heterocycles. The summed E-state index contributed by atoms with van der Waals surface area (Å²) in [4.78, 5) is 13.9. The van der Waals surface area contributed by atoms with Crippen LogP contribution in [0.15, 0.2) is 16.6 Å². The van der Waals surface area contributed by atoms with Crippen molar-refractivity contribution >= 4 is 33.6 Å². The lowest BCUT2D eigenvalue weighted by Gasteiger charge is -2.34. The number of likely N-dealkylation sites (tertiary alicyclic amines) is 1. The molecule has 0 radical (unpaired) electrons. The van der Waals surface area contributed by atoms with E-state index in [1.807, 2.05) is 39.8 Å². The molecule has 1 aromatic rings. The van der Waals surface area contributed by atoms with Gasteiger partial charge in [0.25, 0.3) is 0 Å². The number of piperidine rings is 1. The Bertz CT molecular complexity index is 563. The van der Waals surface area contributed by atoms with Gasteiger partial charge in [0.1, 0.15) is 17.5 Å². The summed E-state index contributed by atoms with van der Waals surface area (Å²) in [6.45, 7) is 8.81. The van der Waals surface area contributed by atoms with Crippen LogP contribution in [0.2, 0.25) is 5.02 Å². The maximum atomic E-state index is 12.2. The Morgan fingerprint density at radius 1 is 1.39 bits per heavy atom. The van der Waals surface area contributed by atoms with E-state index < -0.39 is 5.60 Å². The molecule has 1 atom stereocenters. The Labute approximate surface area is 151 Å². The van der Waals surface area contributed by atoms with Crippen LogP contribution in [0, 0.1) is 6.92 Å². The lowest BCUT2D eigenvalue weighted by molar-refractivity contribution is 0.00761. The molecule has 2 rings (SSSR count). The molecule has 128 valence electrons. The molecular formula is C17H23BrClNO3. The Morgan fingerprint density at radius 2 is 2.09 bits per heavy atom. The van der Waals surface area contributed by atoms with Crippen molar-refractivity contribution in [3.63, 3.8) is 0 Å². The first-order chi connectivity index (χ1) is 10.7. The number of nitrogens with zero attached hydrogens (tertiary/aromatic N) is 1. The van der Waals surface area contributed by atoms with E-state index in [0.717, 1.165) is 28.6 Å². The van der Waals surface area contributed by atoms with E-state index in [1.54, 1.807) is 4.90 Å². The van der Waals surface area contributed by atoms with Crippen LogP contribution in [0.5, 0.6) is 5.75 Å². The van der Waals surface area contributed by atoms with Crippen molar-refractivity contribution in [1.82, 2.24) is 4.90 Å². The number of carbonyl (C=O) groups excluding carboxylic acids is 1. The SMILES string of the molecule is Cc1cc(Cl)cc(Br)c1OC1CCCN(C(=O)OC(C)(C)C)C1. The maximum Gasteiger partial charge on any atom is 0.410 e. The van der Waals surface area contributed by atoms with E-state index in [0.29, 0.717) is 18.1 Å². The Balaban J connectivity index is 2.03. The molecule has 1 amide bonds. The minimum absolute atomic E-state index is 0.0487. The van der Waals surface area contributed by atoms with E-state index in [4.69, 9.17) is 21.1 Å². The fraction of sp³-hybridized carbons (Fsp3) is 0.588. The molecule has 1 fully saturated rings. The third-order valence-corrected chi connectivity index (χ3v) is 4.32. The van der Waals surface area contributed by atoms with Gasteiger partial charge in [-0.25, -0.2) is 4.79 Å². The van der Waals surface area contributed by atoms with Crippen molar-refractivity contribution < 1.29 is 14.3 Å². The highest BCUT2D eigenvalue weighted by Gasteiger charge is 2.29. The molecule has 0 N–H and O–H groups in total. The molecular weight excluding hydrogens is 382 g/mol. The van der Waals surface area contributed by atoms with Gasteiger partial charge in [-0.2, -0.15) is 0 Å². The first-order valence-corrected chi connectivity index (χ1v) is 8.93. The smallest absolute Gasteiger partial charge is 0.410 e. The zero-order valence-electron chi connectivity index (χ0n) is 14.0. The van der Waals surface area contributed by atoms with E-state index in [1.165, 1.54) is 0 Å². The summed E-state index contributed by atoms with van der Waals surface area (Å²) in [5.41, 5.74) is 0.486. The number of halogens is 2. The van der Waals surface area contributed by atoms with E-state index in [2.05, 4.69) is 15.9 Å². The Hall–Kier alpha value is -0.940. The normalized spacial score (nSPS) is 18.7. The number of aryl methyl sites for hydroxylation is 1. The summed E-state index contributed by atoms with van der Waals surface area (Å²) >= 11 is 9.53. The third-order valence-electron chi connectivity index (χ3n) is 3.51. The van der Waals surface area contributed by atoms with Crippen molar-refractivity contribution in [2.45, 2.75) is 52.2 Å². The zero-order valence-corrected chi connectivity index (χ0v) is 16.3.